The Hall–Kier alpha value is -3.18. The van der Waals surface area contributed by atoms with Crippen LogP contribution in [0.25, 0.3) is 11.1 Å². The molecule has 0 bridgehead atoms. The van der Waals surface area contributed by atoms with Crippen molar-refractivity contribution in [3.8, 4) is 11.1 Å². The number of fused-ring (bicyclic) bond motifs is 1. The number of nitrogens with zero attached hydrogens (tertiary/aromatic N) is 1. The monoisotopic (exact) mass is 566 g/mol. The molecule has 0 fully saturated rings. The number of carbonyl (C=O) groups is 2. The highest BCUT2D eigenvalue weighted by Crippen LogP contribution is 2.35. The lowest BCUT2D eigenvalue weighted by Crippen LogP contribution is -2.51. The van der Waals surface area contributed by atoms with Gasteiger partial charge in [0.2, 0.25) is 15.9 Å². The molecule has 3 aromatic carbocycles. The Kier molecular flexibility index (Phi) is 8.80. The van der Waals surface area contributed by atoms with Crippen molar-refractivity contribution in [2.45, 2.75) is 55.1 Å². The summed E-state index contributed by atoms with van der Waals surface area (Å²) < 4.78 is 28.0. The summed E-state index contributed by atoms with van der Waals surface area (Å²) in [5.74, 6) is -0.0383. The summed E-state index contributed by atoms with van der Waals surface area (Å²) in [4.78, 5) is 29.2. The molecule has 1 atom stereocenters. The minimum atomic E-state index is -3.64. The van der Waals surface area contributed by atoms with Crippen LogP contribution in [0.15, 0.2) is 82.6 Å². The second-order valence-electron chi connectivity index (χ2n) is 10.2. The number of thioether (sulfide) groups is 1. The molecule has 0 saturated heterocycles. The maximum absolute atomic E-state index is 13.7. The second kappa shape index (κ2) is 11.9. The molecule has 0 unspecified atom stereocenters. The quantitative estimate of drug-likeness (QED) is 0.361. The third-order valence-electron chi connectivity index (χ3n) is 6.19. The third kappa shape index (κ3) is 7.07. The number of amides is 2. The predicted molar refractivity (Wildman–Crippen MR) is 156 cm³/mol. The number of para-hydroxylation sites is 1. The van der Waals surface area contributed by atoms with E-state index in [1.54, 1.807) is 49.9 Å². The van der Waals surface area contributed by atoms with Crippen LogP contribution in [0.2, 0.25) is 0 Å². The number of nitrogens with two attached hydrogens (primary N) is 1. The van der Waals surface area contributed by atoms with Crippen molar-refractivity contribution < 1.29 is 18.0 Å². The van der Waals surface area contributed by atoms with Gasteiger partial charge in [-0.25, -0.2) is 13.1 Å². The van der Waals surface area contributed by atoms with Crippen molar-refractivity contribution in [2.24, 2.45) is 5.73 Å². The van der Waals surface area contributed by atoms with Crippen molar-refractivity contribution in [1.29, 1.82) is 0 Å². The Morgan fingerprint density at radius 3 is 2.41 bits per heavy atom. The van der Waals surface area contributed by atoms with Gasteiger partial charge in [0.1, 0.15) is 6.04 Å². The molecule has 4 rings (SSSR count). The van der Waals surface area contributed by atoms with E-state index in [1.165, 1.54) is 11.8 Å². The fourth-order valence-corrected chi connectivity index (χ4v) is 6.80. The van der Waals surface area contributed by atoms with E-state index in [0.29, 0.717) is 24.4 Å². The lowest BCUT2D eigenvalue weighted by molar-refractivity contribution is -0.127. The number of hydrogen-bond acceptors (Lipinski definition) is 6. The molecule has 1 heterocycles. The maximum Gasteiger partial charge on any atom is 0.250 e. The smallest absolute Gasteiger partial charge is 0.250 e. The Labute approximate surface area is 234 Å². The van der Waals surface area contributed by atoms with Gasteiger partial charge in [-0.2, -0.15) is 0 Å². The van der Waals surface area contributed by atoms with E-state index in [9.17, 15) is 18.0 Å². The number of carbonyl (C=O) groups excluding carboxylic acids is 2. The normalized spacial score (nSPS) is 15.9. The molecule has 8 nitrogen and oxygen atoms in total. The first kappa shape index (κ1) is 28.8. The second-order valence-corrected chi connectivity index (χ2v) is 13.0. The van der Waals surface area contributed by atoms with E-state index in [2.05, 4.69) is 10.0 Å². The molecular formula is C29H34N4O4S2. The number of benzene rings is 3. The van der Waals surface area contributed by atoms with Crippen molar-refractivity contribution >= 4 is 39.3 Å². The number of hydrogen-bond donors (Lipinski definition) is 3. The van der Waals surface area contributed by atoms with Gasteiger partial charge in [-0.3, -0.25) is 9.59 Å². The van der Waals surface area contributed by atoms with E-state index in [1.807, 2.05) is 48.5 Å². The van der Waals surface area contributed by atoms with Crippen LogP contribution in [0.4, 0.5) is 5.69 Å². The minimum absolute atomic E-state index is 0.112. The lowest BCUT2D eigenvalue weighted by Gasteiger charge is -2.27. The lowest BCUT2D eigenvalue weighted by atomic mass is 10.0. The van der Waals surface area contributed by atoms with Crippen molar-refractivity contribution in [3.05, 3.63) is 78.4 Å². The number of sulfonamides is 1. The van der Waals surface area contributed by atoms with Gasteiger partial charge in [0, 0.05) is 34.7 Å². The van der Waals surface area contributed by atoms with E-state index < -0.39 is 21.6 Å². The number of anilines is 1. The fourth-order valence-electron chi connectivity index (χ4n) is 4.46. The summed E-state index contributed by atoms with van der Waals surface area (Å²) in [6.45, 7) is 5.88. The molecule has 0 radical (unpaired) electrons. The average molecular weight is 567 g/mol. The van der Waals surface area contributed by atoms with E-state index in [4.69, 9.17) is 5.73 Å². The minimum Gasteiger partial charge on any atom is -0.343 e. The molecule has 0 saturated carbocycles. The molecular weight excluding hydrogens is 532 g/mol. The van der Waals surface area contributed by atoms with Crippen LogP contribution in [0, 0.1) is 0 Å². The predicted octanol–water partition coefficient (Wildman–Crippen LogP) is 3.90. The average Bonchev–Trinajstić information content (AvgIpc) is 3.00. The molecule has 2 amide bonds. The fraction of sp³-hybridized carbons (Fsp3) is 0.310. The zero-order chi connectivity index (χ0) is 28.2. The summed E-state index contributed by atoms with van der Waals surface area (Å²) in [6.07, 6.45) is 0.112. The first-order valence-corrected chi connectivity index (χ1v) is 15.2. The van der Waals surface area contributed by atoms with E-state index >= 15 is 0 Å². The summed E-state index contributed by atoms with van der Waals surface area (Å²) in [7, 11) is -3.64. The first-order chi connectivity index (χ1) is 18.5. The Bertz CT molecular complexity index is 1450. The molecule has 39 heavy (non-hydrogen) atoms. The number of rotatable bonds is 9. The molecule has 10 heteroatoms. The highest BCUT2D eigenvalue weighted by atomic mass is 32.2. The first-order valence-electron chi connectivity index (χ1n) is 12.8. The van der Waals surface area contributed by atoms with Gasteiger partial charge < -0.3 is 16.0 Å². The van der Waals surface area contributed by atoms with Gasteiger partial charge in [0.15, 0.2) is 0 Å². The number of nitrogens with one attached hydrogen (secondary N) is 2. The third-order valence-corrected chi connectivity index (χ3v) is 8.95. The van der Waals surface area contributed by atoms with Crippen LogP contribution in [-0.2, 0) is 26.2 Å². The van der Waals surface area contributed by atoms with Crippen LogP contribution in [0.5, 0.6) is 0 Å². The molecule has 0 aromatic heterocycles. The Morgan fingerprint density at radius 1 is 1.05 bits per heavy atom. The van der Waals surface area contributed by atoms with Crippen LogP contribution < -0.4 is 20.7 Å². The zero-order valence-corrected chi connectivity index (χ0v) is 23.9. The Balaban J connectivity index is 1.61. The highest BCUT2D eigenvalue weighted by molar-refractivity contribution is 7.99. The molecule has 0 spiro atoms. The van der Waals surface area contributed by atoms with Crippen molar-refractivity contribution in [1.82, 2.24) is 10.0 Å². The summed E-state index contributed by atoms with van der Waals surface area (Å²) in [6, 6.07) is 21.4. The van der Waals surface area contributed by atoms with Gasteiger partial charge in [-0.15, -0.1) is 11.8 Å². The topological polar surface area (TPSA) is 122 Å². The standard InChI is InChI=1S/C29H34N4O4S2/c1-4-31-39(36,37)26-12-8-5-9-22(26)21-15-13-20(14-16-21)18-33-24-10-6-7-11-25(24)38-19-23(28(33)35)32-27(34)17-29(2,3)30/h5-16,23,31H,4,17-19,30H2,1-3H3,(H,32,34)/t23-/m1/s1. The van der Waals surface area contributed by atoms with Gasteiger partial charge in [-0.1, -0.05) is 61.5 Å². The van der Waals surface area contributed by atoms with Crippen LogP contribution in [0.3, 0.4) is 0 Å². The largest absolute Gasteiger partial charge is 0.343 e. The van der Waals surface area contributed by atoms with Gasteiger partial charge in [0.25, 0.3) is 5.91 Å². The molecule has 4 N–H and O–H groups in total. The van der Waals surface area contributed by atoms with E-state index in [0.717, 1.165) is 21.7 Å². The van der Waals surface area contributed by atoms with Crippen LogP contribution >= 0.6 is 11.8 Å². The summed E-state index contributed by atoms with van der Waals surface area (Å²) in [5, 5.41) is 2.88. The van der Waals surface area contributed by atoms with Crippen LogP contribution in [0.1, 0.15) is 32.8 Å². The molecule has 206 valence electrons. The molecule has 1 aliphatic heterocycles. The zero-order valence-electron chi connectivity index (χ0n) is 22.3. The van der Waals surface area contributed by atoms with Gasteiger partial charge in [0.05, 0.1) is 17.1 Å². The summed E-state index contributed by atoms with van der Waals surface area (Å²) >= 11 is 1.53. The molecule has 0 aliphatic carbocycles. The highest BCUT2D eigenvalue weighted by Gasteiger charge is 2.32. The maximum atomic E-state index is 13.7. The molecule has 3 aromatic rings. The molecule has 1 aliphatic rings. The van der Waals surface area contributed by atoms with E-state index in [-0.39, 0.29) is 23.1 Å². The van der Waals surface area contributed by atoms with Crippen molar-refractivity contribution in [3.63, 3.8) is 0 Å². The summed E-state index contributed by atoms with van der Waals surface area (Å²) in [5.41, 5.74) is 8.34. The van der Waals surface area contributed by atoms with Gasteiger partial charge in [-0.05, 0) is 43.2 Å². The van der Waals surface area contributed by atoms with Crippen molar-refractivity contribution in [2.75, 3.05) is 17.2 Å². The van der Waals surface area contributed by atoms with Gasteiger partial charge >= 0.3 is 0 Å². The Morgan fingerprint density at radius 2 is 1.72 bits per heavy atom. The van der Waals surface area contributed by atoms with Crippen LogP contribution in [-0.4, -0.2) is 44.1 Å². The SMILES string of the molecule is CCNS(=O)(=O)c1ccccc1-c1ccc(CN2C(=O)[C@H](NC(=O)CC(C)(C)N)CSc3ccccc32)cc1.